The Bertz CT molecular complexity index is 2000. The van der Waals surface area contributed by atoms with E-state index >= 15 is 4.57 Å². The average Bonchev–Trinajstić information content (AvgIpc) is 3.97. The molecule has 1 aliphatic carbocycles. The lowest BCUT2D eigenvalue weighted by molar-refractivity contribution is 0.389. The molecule has 5 atom stereocenters. The molecule has 0 bridgehead atoms. The number of fused-ring (bicyclic) bond motifs is 3. The first kappa shape index (κ1) is 32.3. The van der Waals surface area contributed by atoms with Gasteiger partial charge in [0.05, 0.1) is 43.4 Å². The van der Waals surface area contributed by atoms with Gasteiger partial charge in [-0.2, -0.15) is 0 Å². The zero-order chi connectivity index (χ0) is 34.7. The summed E-state index contributed by atoms with van der Waals surface area (Å²) in [5.74, 6) is 1.37. The lowest BCUT2D eigenvalue weighted by Crippen LogP contribution is -2.38. The number of para-hydroxylation sites is 1. The molecule has 0 spiro atoms. The molecule has 5 aromatic rings. The van der Waals surface area contributed by atoms with Crippen LogP contribution in [-0.4, -0.2) is 64.3 Å². The minimum atomic E-state index is -3.86. The number of hydrogen-bond acceptors (Lipinski definition) is 7. The Hall–Kier alpha value is -4.39. The number of anilines is 2. The van der Waals surface area contributed by atoms with E-state index in [4.69, 9.17) is 18.7 Å². The first-order chi connectivity index (χ1) is 25.6. The van der Waals surface area contributed by atoms with Gasteiger partial charge in [0.15, 0.2) is 0 Å². The van der Waals surface area contributed by atoms with E-state index in [0.29, 0.717) is 11.9 Å². The van der Waals surface area contributed by atoms with Crippen LogP contribution in [0.3, 0.4) is 0 Å². The minimum Gasteiger partial charge on any atom is -0.438 e. The van der Waals surface area contributed by atoms with Gasteiger partial charge < -0.3 is 28.5 Å². The molecule has 4 fully saturated rings. The summed E-state index contributed by atoms with van der Waals surface area (Å²) in [6.07, 6.45) is 3.35. The van der Waals surface area contributed by atoms with Crippen molar-refractivity contribution in [3.05, 3.63) is 144 Å². The minimum absolute atomic E-state index is 0.245. The third kappa shape index (κ3) is 5.94. The second kappa shape index (κ2) is 12.9. The molecule has 8 heteroatoms. The lowest BCUT2D eigenvalue weighted by Gasteiger charge is -2.44. The van der Waals surface area contributed by atoms with E-state index in [0.717, 1.165) is 96.4 Å². The topological polar surface area (TPSA) is 70.4 Å². The second-order valence-electron chi connectivity index (χ2n) is 14.9. The Morgan fingerprint density at radius 1 is 0.538 bits per heavy atom. The number of ether oxygens (including phenoxy) is 3. The van der Waals surface area contributed by atoms with Crippen LogP contribution in [0.15, 0.2) is 127 Å². The van der Waals surface area contributed by atoms with Gasteiger partial charge in [0.25, 0.3) is 7.37 Å². The fourth-order valence-corrected chi connectivity index (χ4v) is 11.4. The second-order valence-corrected chi connectivity index (χ2v) is 17.4. The first-order valence-corrected chi connectivity index (χ1v) is 20.3. The standard InChI is InChI=1S/C44H43N2O5P/c47-52(43-13-7-5-11-41(43)40-10-4-6-12-42(40)51-52)44(32-8-2-1-3-9-32,33-16-20-35(21-17-33)45(24-31-14-15-31)25-37-28-48-37)34-18-22-36(23-19-34)46(26-38-29-49-38)27-39-30-50-39/h1-13,16-23,31,37-39H,14-15,24-30H2. The van der Waals surface area contributed by atoms with Gasteiger partial charge in [-0.25, -0.2) is 0 Å². The highest BCUT2D eigenvalue weighted by Crippen LogP contribution is 2.71. The average molecular weight is 711 g/mol. The molecule has 1 saturated carbocycles. The first-order valence-electron chi connectivity index (χ1n) is 18.7. The third-order valence-corrected chi connectivity index (χ3v) is 14.3. The number of epoxide rings is 3. The zero-order valence-corrected chi connectivity index (χ0v) is 30.1. The van der Waals surface area contributed by atoms with Crippen molar-refractivity contribution in [1.82, 2.24) is 0 Å². The van der Waals surface area contributed by atoms with E-state index in [2.05, 4.69) is 82.6 Å². The normalized spacial score (nSPS) is 24.8. The molecule has 0 aromatic heterocycles. The van der Waals surface area contributed by atoms with Crippen molar-refractivity contribution in [2.75, 3.05) is 55.8 Å². The van der Waals surface area contributed by atoms with E-state index < -0.39 is 12.5 Å². The highest BCUT2D eigenvalue weighted by Gasteiger charge is 2.58. The van der Waals surface area contributed by atoms with Gasteiger partial charge in [0, 0.05) is 43.1 Å². The van der Waals surface area contributed by atoms with Crippen molar-refractivity contribution < 1.29 is 23.3 Å². The highest BCUT2D eigenvalue weighted by molar-refractivity contribution is 7.69. The summed E-state index contributed by atoms with van der Waals surface area (Å²) in [4.78, 5) is 4.84. The van der Waals surface area contributed by atoms with E-state index in [-0.39, 0.29) is 12.2 Å². The van der Waals surface area contributed by atoms with Crippen molar-refractivity contribution in [3.63, 3.8) is 0 Å². The van der Waals surface area contributed by atoms with Gasteiger partial charge in [-0.05, 0) is 77.4 Å². The van der Waals surface area contributed by atoms with Gasteiger partial charge in [0.2, 0.25) is 0 Å². The maximum absolute atomic E-state index is 16.8. The molecule has 0 radical (unpaired) electrons. The van der Waals surface area contributed by atoms with Gasteiger partial charge in [-0.15, -0.1) is 0 Å². The van der Waals surface area contributed by atoms with Crippen LogP contribution in [0.25, 0.3) is 11.1 Å². The van der Waals surface area contributed by atoms with Crippen LogP contribution in [0, 0.1) is 5.92 Å². The maximum atomic E-state index is 16.8. The van der Waals surface area contributed by atoms with Gasteiger partial charge in [-0.3, -0.25) is 4.57 Å². The SMILES string of the molecule is O=P1(C(c2ccccc2)(c2ccc(N(CC3CC3)CC3CO3)cc2)c2ccc(N(CC3CO3)CC3CO3)cc2)Oc2ccccc2-c2ccccc21. The molecule has 5 aliphatic rings. The molecular formula is C44H43N2O5P. The number of nitrogens with zero attached hydrogens (tertiary/aromatic N) is 2. The number of benzene rings is 5. The molecule has 264 valence electrons. The predicted molar refractivity (Wildman–Crippen MR) is 205 cm³/mol. The van der Waals surface area contributed by atoms with E-state index in [9.17, 15) is 0 Å². The highest BCUT2D eigenvalue weighted by atomic mass is 31.2. The Balaban J connectivity index is 1.17. The molecule has 4 heterocycles. The Morgan fingerprint density at radius 2 is 1.00 bits per heavy atom. The molecule has 0 N–H and O–H groups in total. The molecule has 52 heavy (non-hydrogen) atoms. The summed E-state index contributed by atoms with van der Waals surface area (Å²) >= 11 is 0. The van der Waals surface area contributed by atoms with Crippen LogP contribution < -0.4 is 19.6 Å². The van der Waals surface area contributed by atoms with Crippen molar-refractivity contribution >= 4 is 24.0 Å². The molecule has 4 aliphatic heterocycles. The van der Waals surface area contributed by atoms with Crippen LogP contribution in [0.1, 0.15) is 29.5 Å². The monoisotopic (exact) mass is 710 g/mol. The summed E-state index contributed by atoms with van der Waals surface area (Å²) in [5, 5.41) is -0.453. The number of rotatable bonds is 14. The van der Waals surface area contributed by atoms with E-state index in [1.807, 2.05) is 54.6 Å². The zero-order valence-electron chi connectivity index (χ0n) is 29.2. The van der Waals surface area contributed by atoms with Crippen LogP contribution in [0.2, 0.25) is 0 Å². The fourth-order valence-electron chi connectivity index (χ4n) is 8.12. The Morgan fingerprint density at radius 3 is 1.54 bits per heavy atom. The van der Waals surface area contributed by atoms with Crippen LogP contribution in [-0.2, 0) is 23.9 Å². The van der Waals surface area contributed by atoms with Crippen molar-refractivity contribution in [2.45, 2.75) is 36.3 Å². The summed E-state index contributed by atoms with van der Waals surface area (Å²) in [7, 11) is -3.86. The van der Waals surface area contributed by atoms with E-state index in [1.54, 1.807) is 0 Å². The van der Waals surface area contributed by atoms with Gasteiger partial charge in [-0.1, -0.05) is 91.0 Å². The molecule has 3 saturated heterocycles. The fraction of sp³-hybridized carbons (Fsp3) is 0.318. The smallest absolute Gasteiger partial charge is 0.296 e. The molecule has 7 nitrogen and oxygen atoms in total. The van der Waals surface area contributed by atoms with E-state index in [1.165, 1.54) is 12.8 Å². The largest absolute Gasteiger partial charge is 0.438 e. The van der Waals surface area contributed by atoms with Crippen LogP contribution in [0.4, 0.5) is 11.4 Å². The quantitative estimate of drug-likeness (QED) is 0.0661. The maximum Gasteiger partial charge on any atom is 0.296 e. The molecule has 5 unspecified atom stereocenters. The van der Waals surface area contributed by atoms with Crippen LogP contribution in [0.5, 0.6) is 5.75 Å². The summed E-state index contributed by atoms with van der Waals surface area (Å²) < 4.78 is 40.8. The predicted octanol–water partition coefficient (Wildman–Crippen LogP) is 7.86. The summed E-state index contributed by atoms with van der Waals surface area (Å²) in [5.41, 5.74) is 6.92. The molecule has 5 aromatic carbocycles. The lowest BCUT2D eigenvalue weighted by atomic mass is 9.83. The molecule has 10 rings (SSSR count). The Labute approximate surface area is 305 Å². The third-order valence-electron chi connectivity index (χ3n) is 11.2. The van der Waals surface area contributed by atoms with Crippen molar-refractivity contribution in [1.29, 1.82) is 0 Å². The molecule has 0 amide bonds. The summed E-state index contributed by atoms with van der Waals surface area (Å²) in [6.45, 7) is 5.97. The number of hydrogen-bond donors (Lipinski definition) is 0. The van der Waals surface area contributed by atoms with Gasteiger partial charge >= 0.3 is 0 Å². The molecular weight excluding hydrogens is 667 g/mol. The van der Waals surface area contributed by atoms with Crippen molar-refractivity contribution in [3.8, 4) is 16.9 Å². The van der Waals surface area contributed by atoms with Gasteiger partial charge in [0.1, 0.15) is 10.9 Å². The Kier molecular flexibility index (Phi) is 8.02. The summed E-state index contributed by atoms with van der Waals surface area (Å²) in [6, 6.07) is 43.9. The van der Waals surface area contributed by atoms with Crippen molar-refractivity contribution in [2.24, 2.45) is 5.92 Å². The van der Waals surface area contributed by atoms with Crippen LogP contribution >= 0.6 is 7.37 Å².